The largest absolute Gasteiger partial charge is 0.481 e. The molecule has 0 aliphatic rings. The van der Waals surface area contributed by atoms with E-state index in [2.05, 4.69) is 4.98 Å². The van der Waals surface area contributed by atoms with Crippen LogP contribution in [0.15, 0.2) is 85.1 Å². The molecule has 0 aliphatic carbocycles. The maximum Gasteiger partial charge on any atom is 0.342 e. The quantitative estimate of drug-likeness (QED) is 0.169. The SMILES string of the molecule is Cc1ncc([N+](=O)[O-])n1CCOC(=O)[C@@H](C)c1ccc(-c2ccccc2)c(F)c1.O=C(O)Cc1ccccc1. The van der Waals surface area contributed by atoms with Gasteiger partial charge in [0.1, 0.15) is 25.2 Å². The Morgan fingerprint density at radius 1 is 1.08 bits per heavy atom. The van der Waals surface area contributed by atoms with Gasteiger partial charge in [-0.15, -0.1) is 0 Å². The number of hydrogen-bond acceptors (Lipinski definition) is 6. The minimum absolute atomic E-state index is 0.0498. The minimum Gasteiger partial charge on any atom is -0.481 e. The van der Waals surface area contributed by atoms with Crippen molar-refractivity contribution in [3.05, 3.63) is 118 Å². The van der Waals surface area contributed by atoms with Gasteiger partial charge in [-0.1, -0.05) is 72.8 Å². The van der Waals surface area contributed by atoms with Crippen LogP contribution in [0.4, 0.5) is 10.2 Å². The van der Waals surface area contributed by atoms with E-state index in [1.54, 1.807) is 38.1 Å². The summed E-state index contributed by atoms with van der Waals surface area (Å²) in [6, 6.07) is 22.9. The number of esters is 1. The first-order valence-corrected chi connectivity index (χ1v) is 12.1. The summed E-state index contributed by atoms with van der Waals surface area (Å²) < 4.78 is 21.1. The Hall–Kier alpha value is -4.86. The maximum absolute atomic E-state index is 14.5. The van der Waals surface area contributed by atoms with Gasteiger partial charge in [0.25, 0.3) is 0 Å². The average Bonchev–Trinajstić information content (AvgIpc) is 3.29. The van der Waals surface area contributed by atoms with Crippen LogP contribution in [0.5, 0.6) is 0 Å². The van der Waals surface area contributed by atoms with E-state index in [0.717, 1.165) is 17.3 Å². The maximum atomic E-state index is 14.5. The summed E-state index contributed by atoms with van der Waals surface area (Å²) in [4.78, 5) is 36.9. The topological polar surface area (TPSA) is 125 Å². The van der Waals surface area contributed by atoms with Gasteiger partial charge in [-0.2, -0.15) is 0 Å². The van der Waals surface area contributed by atoms with Gasteiger partial charge in [0.15, 0.2) is 5.82 Å². The zero-order valence-corrected chi connectivity index (χ0v) is 21.5. The molecule has 0 saturated heterocycles. The first kappa shape index (κ1) is 28.7. The molecular weight excluding hydrogens is 505 g/mol. The summed E-state index contributed by atoms with van der Waals surface area (Å²) in [6.45, 7) is 3.33. The van der Waals surface area contributed by atoms with Gasteiger partial charge in [-0.3, -0.25) is 9.59 Å². The van der Waals surface area contributed by atoms with E-state index < -0.39 is 28.6 Å². The molecule has 4 rings (SSSR count). The molecular formula is C29H28FN3O6. The van der Waals surface area contributed by atoms with Crippen LogP contribution in [0.1, 0.15) is 29.8 Å². The molecule has 0 spiro atoms. The molecule has 1 atom stereocenters. The monoisotopic (exact) mass is 533 g/mol. The lowest BCUT2D eigenvalue weighted by Crippen LogP contribution is -2.17. The number of rotatable bonds is 9. The molecule has 0 bridgehead atoms. The molecule has 0 saturated carbocycles. The molecule has 1 aromatic heterocycles. The minimum atomic E-state index is -0.786. The first-order valence-electron chi connectivity index (χ1n) is 12.1. The lowest BCUT2D eigenvalue weighted by atomic mass is 9.97. The molecule has 0 aliphatic heterocycles. The molecule has 39 heavy (non-hydrogen) atoms. The zero-order valence-electron chi connectivity index (χ0n) is 21.5. The van der Waals surface area contributed by atoms with Crippen molar-refractivity contribution in [2.24, 2.45) is 0 Å². The van der Waals surface area contributed by atoms with Crippen molar-refractivity contribution in [2.45, 2.75) is 32.7 Å². The Balaban J connectivity index is 0.000000353. The van der Waals surface area contributed by atoms with Crippen LogP contribution in [0.3, 0.4) is 0 Å². The number of aromatic nitrogens is 2. The number of carboxylic acid groups (broad SMARTS) is 1. The highest BCUT2D eigenvalue weighted by molar-refractivity contribution is 5.78. The number of carbonyl (C=O) groups is 2. The number of imidazole rings is 1. The Bertz CT molecular complexity index is 1420. The van der Waals surface area contributed by atoms with Gasteiger partial charge in [0.05, 0.1) is 12.3 Å². The zero-order chi connectivity index (χ0) is 28.4. The van der Waals surface area contributed by atoms with Crippen LogP contribution in [-0.2, 0) is 27.3 Å². The molecule has 4 aromatic rings. The predicted molar refractivity (Wildman–Crippen MR) is 143 cm³/mol. The third kappa shape index (κ3) is 8.06. The summed E-state index contributed by atoms with van der Waals surface area (Å²) in [7, 11) is 0. The third-order valence-electron chi connectivity index (χ3n) is 5.91. The van der Waals surface area contributed by atoms with E-state index in [4.69, 9.17) is 9.84 Å². The number of carbonyl (C=O) groups excluding carboxylic acids is 1. The Kier molecular flexibility index (Phi) is 10.0. The summed E-state index contributed by atoms with van der Waals surface area (Å²) in [5, 5.41) is 19.4. The van der Waals surface area contributed by atoms with Crippen molar-refractivity contribution in [3.63, 3.8) is 0 Å². The van der Waals surface area contributed by atoms with Crippen molar-refractivity contribution in [1.82, 2.24) is 9.55 Å². The molecule has 0 unspecified atom stereocenters. The molecule has 10 heteroatoms. The van der Waals surface area contributed by atoms with E-state index in [0.29, 0.717) is 17.0 Å². The molecule has 1 heterocycles. The normalized spacial score (nSPS) is 11.2. The number of hydrogen-bond donors (Lipinski definition) is 1. The van der Waals surface area contributed by atoms with Crippen molar-refractivity contribution < 1.29 is 28.7 Å². The highest BCUT2D eigenvalue weighted by Gasteiger charge is 2.21. The highest BCUT2D eigenvalue weighted by Crippen LogP contribution is 2.26. The highest BCUT2D eigenvalue weighted by atomic mass is 19.1. The number of nitro groups is 1. The second-order valence-electron chi connectivity index (χ2n) is 8.62. The number of benzene rings is 3. The summed E-state index contributed by atoms with van der Waals surface area (Å²) in [5.74, 6) is -2.11. The Morgan fingerprint density at radius 3 is 2.31 bits per heavy atom. The van der Waals surface area contributed by atoms with E-state index in [1.165, 1.54) is 10.6 Å². The molecule has 0 amide bonds. The van der Waals surface area contributed by atoms with Crippen LogP contribution < -0.4 is 0 Å². The summed E-state index contributed by atoms with van der Waals surface area (Å²) in [6.07, 6.45) is 1.28. The van der Waals surface area contributed by atoms with Gasteiger partial charge in [0.2, 0.25) is 0 Å². The van der Waals surface area contributed by atoms with Crippen LogP contribution >= 0.6 is 0 Å². The van der Waals surface area contributed by atoms with E-state index in [9.17, 15) is 24.1 Å². The van der Waals surface area contributed by atoms with Crippen LogP contribution in [-0.4, -0.2) is 38.1 Å². The van der Waals surface area contributed by atoms with Gasteiger partial charge >= 0.3 is 17.8 Å². The second-order valence-corrected chi connectivity index (χ2v) is 8.62. The van der Waals surface area contributed by atoms with Gasteiger partial charge in [-0.25, -0.2) is 13.9 Å². The van der Waals surface area contributed by atoms with Crippen molar-refractivity contribution in [1.29, 1.82) is 0 Å². The van der Waals surface area contributed by atoms with E-state index in [-0.39, 0.29) is 25.4 Å². The summed E-state index contributed by atoms with van der Waals surface area (Å²) >= 11 is 0. The lowest BCUT2D eigenvalue weighted by molar-refractivity contribution is -0.392. The number of carboxylic acids is 1. The van der Waals surface area contributed by atoms with Crippen LogP contribution in [0, 0.1) is 22.9 Å². The predicted octanol–water partition coefficient (Wildman–Crippen LogP) is 5.57. The standard InChI is InChI=1S/C21H20FN3O4.C8H8O2/c1-14(17-8-9-18(19(22)12-17)16-6-4-3-5-7-16)21(26)29-11-10-24-15(2)23-13-20(24)25(27)28;9-8(10)6-7-4-2-1-3-5-7/h3-9,12-14H,10-11H2,1-2H3;1-5H,6H2,(H,9,10)/t14-;/m0./s1. The molecule has 1 N–H and O–H groups in total. The fourth-order valence-electron chi connectivity index (χ4n) is 3.80. The number of aliphatic carboxylic acids is 1. The van der Waals surface area contributed by atoms with Crippen LogP contribution in [0.25, 0.3) is 11.1 Å². The average molecular weight is 534 g/mol. The van der Waals surface area contributed by atoms with Crippen LogP contribution in [0.2, 0.25) is 0 Å². The van der Waals surface area contributed by atoms with Gasteiger partial charge in [0, 0.05) is 12.5 Å². The van der Waals surface area contributed by atoms with Crippen molar-refractivity contribution in [2.75, 3.05) is 6.61 Å². The Morgan fingerprint density at radius 2 is 1.72 bits per heavy atom. The smallest absolute Gasteiger partial charge is 0.342 e. The Labute approximate surface area is 224 Å². The van der Waals surface area contributed by atoms with Crippen molar-refractivity contribution >= 4 is 17.8 Å². The fraction of sp³-hybridized carbons (Fsp3) is 0.207. The molecule has 9 nitrogen and oxygen atoms in total. The molecule has 0 fully saturated rings. The number of ether oxygens (including phenoxy) is 1. The first-order chi connectivity index (χ1) is 18.7. The third-order valence-corrected chi connectivity index (χ3v) is 5.91. The van der Waals surface area contributed by atoms with E-state index in [1.807, 2.05) is 48.5 Å². The van der Waals surface area contributed by atoms with Gasteiger partial charge < -0.3 is 20.0 Å². The number of halogens is 1. The number of aryl methyl sites for hydroxylation is 1. The fourth-order valence-corrected chi connectivity index (χ4v) is 3.80. The molecule has 0 radical (unpaired) electrons. The van der Waals surface area contributed by atoms with Crippen molar-refractivity contribution in [3.8, 4) is 11.1 Å². The lowest BCUT2D eigenvalue weighted by Gasteiger charge is -2.13. The number of nitrogens with zero attached hydrogens (tertiary/aromatic N) is 3. The van der Waals surface area contributed by atoms with Gasteiger partial charge in [-0.05, 0) is 34.6 Å². The second kappa shape index (κ2) is 13.6. The van der Waals surface area contributed by atoms with E-state index >= 15 is 0 Å². The summed E-state index contributed by atoms with van der Waals surface area (Å²) in [5.41, 5.74) is 2.55. The molecule has 202 valence electrons. The molecule has 3 aromatic carbocycles.